The Bertz CT molecular complexity index is 210. The van der Waals surface area contributed by atoms with Crippen molar-refractivity contribution in [3.8, 4) is 0 Å². The SMILES string of the molecule is C=CCC[C@]1(C)CCCC(=O)[C@@H]1O. The summed E-state index contributed by atoms with van der Waals surface area (Å²) >= 11 is 0. The van der Waals surface area contributed by atoms with Gasteiger partial charge in [0.05, 0.1) is 0 Å². The number of aliphatic hydroxyl groups is 1. The normalized spacial score (nSPS) is 34.6. The summed E-state index contributed by atoms with van der Waals surface area (Å²) in [6, 6.07) is 0. The van der Waals surface area contributed by atoms with Gasteiger partial charge in [-0.1, -0.05) is 13.0 Å². The van der Waals surface area contributed by atoms with E-state index < -0.39 is 6.10 Å². The van der Waals surface area contributed by atoms with Crippen molar-refractivity contribution >= 4 is 5.78 Å². The van der Waals surface area contributed by atoms with Gasteiger partial charge in [0.25, 0.3) is 0 Å². The zero-order chi connectivity index (χ0) is 9.90. The van der Waals surface area contributed by atoms with Crippen molar-refractivity contribution in [3.05, 3.63) is 12.7 Å². The largest absolute Gasteiger partial charge is 0.385 e. The summed E-state index contributed by atoms with van der Waals surface area (Å²) in [5.41, 5.74) is -0.205. The maximum absolute atomic E-state index is 11.3. The monoisotopic (exact) mass is 182 g/mol. The first kappa shape index (κ1) is 10.5. The van der Waals surface area contributed by atoms with Crippen LogP contribution in [0.3, 0.4) is 0 Å². The smallest absolute Gasteiger partial charge is 0.161 e. The molecule has 1 fully saturated rings. The summed E-state index contributed by atoms with van der Waals surface area (Å²) in [5, 5.41) is 9.74. The van der Waals surface area contributed by atoms with Crippen molar-refractivity contribution in [1.29, 1.82) is 0 Å². The predicted molar refractivity (Wildman–Crippen MR) is 52.4 cm³/mol. The maximum atomic E-state index is 11.3. The molecule has 0 unspecified atom stereocenters. The summed E-state index contributed by atoms with van der Waals surface area (Å²) < 4.78 is 0. The lowest BCUT2D eigenvalue weighted by Gasteiger charge is -2.37. The molecule has 0 aromatic carbocycles. The molecule has 0 aromatic heterocycles. The molecule has 1 aliphatic rings. The highest BCUT2D eigenvalue weighted by Crippen LogP contribution is 2.38. The topological polar surface area (TPSA) is 37.3 Å². The fraction of sp³-hybridized carbons (Fsp3) is 0.727. The Kier molecular flexibility index (Phi) is 3.26. The number of carbonyl (C=O) groups excluding carboxylic acids is 1. The van der Waals surface area contributed by atoms with E-state index in [9.17, 15) is 9.90 Å². The third-order valence-electron chi connectivity index (χ3n) is 3.06. The molecule has 0 aliphatic heterocycles. The van der Waals surface area contributed by atoms with Crippen molar-refractivity contribution in [1.82, 2.24) is 0 Å². The highest BCUT2D eigenvalue weighted by molar-refractivity contribution is 5.84. The highest BCUT2D eigenvalue weighted by atomic mass is 16.3. The molecule has 1 rings (SSSR count). The Morgan fingerprint density at radius 3 is 3.08 bits per heavy atom. The number of hydrogen-bond acceptors (Lipinski definition) is 2. The van der Waals surface area contributed by atoms with Gasteiger partial charge in [-0.15, -0.1) is 6.58 Å². The zero-order valence-corrected chi connectivity index (χ0v) is 8.25. The molecule has 0 spiro atoms. The molecule has 13 heavy (non-hydrogen) atoms. The van der Waals surface area contributed by atoms with Crippen LogP contribution in [0.5, 0.6) is 0 Å². The summed E-state index contributed by atoms with van der Waals surface area (Å²) in [7, 11) is 0. The number of hydrogen-bond donors (Lipinski definition) is 1. The van der Waals surface area contributed by atoms with E-state index in [4.69, 9.17) is 0 Å². The van der Waals surface area contributed by atoms with Crippen LogP contribution >= 0.6 is 0 Å². The fourth-order valence-corrected chi connectivity index (χ4v) is 2.02. The van der Waals surface area contributed by atoms with E-state index in [1.165, 1.54) is 0 Å². The van der Waals surface area contributed by atoms with E-state index in [0.29, 0.717) is 6.42 Å². The van der Waals surface area contributed by atoms with Crippen LogP contribution in [0.25, 0.3) is 0 Å². The summed E-state index contributed by atoms with van der Waals surface area (Å²) in [6.07, 6.45) is 5.25. The van der Waals surface area contributed by atoms with E-state index in [1.807, 2.05) is 13.0 Å². The number of ketones is 1. The van der Waals surface area contributed by atoms with E-state index >= 15 is 0 Å². The van der Waals surface area contributed by atoms with E-state index in [0.717, 1.165) is 25.7 Å². The van der Waals surface area contributed by atoms with Crippen LogP contribution in [0.1, 0.15) is 39.0 Å². The Morgan fingerprint density at radius 1 is 1.77 bits per heavy atom. The first-order valence-electron chi connectivity index (χ1n) is 4.92. The molecule has 0 bridgehead atoms. The van der Waals surface area contributed by atoms with Crippen LogP contribution in [0, 0.1) is 5.41 Å². The molecule has 0 aromatic rings. The molecule has 1 aliphatic carbocycles. The van der Waals surface area contributed by atoms with Crippen LogP contribution < -0.4 is 0 Å². The van der Waals surface area contributed by atoms with Crippen molar-refractivity contribution in [3.63, 3.8) is 0 Å². The Morgan fingerprint density at radius 2 is 2.46 bits per heavy atom. The Labute approximate surface area is 79.6 Å². The summed E-state index contributed by atoms with van der Waals surface area (Å²) in [5.74, 6) is 0.0119. The average molecular weight is 182 g/mol. The van der Waals surface area contributed by atoms with Crippen molar-refractivity contribution < 1.29 is 9.90 Å². The maximum Gasteiger partial charge on any atom is 0.161 e. The van der Waals surface area contributed by atoms with Gasteiger partial charge in [0.1, 0.15) is 6.10 Å². The average Bonchev–Trinajstić information content (AvgIpc) is 2.11. The molecule has 0 saturated heterocycles. The Balaban J connectivity index is 2.63. The third kappa shape index (κ3) is 2.19. The first-order valence-corrected chi connectivity index (χ1v) is 4.92. The zero-order valence-electron chi connectivity index (χ0n) is 8.25. The standard InChI is InChI=1S/C11H18O2/c1-3-4-7-11(2)8-5-6-9(12)10(11)13/h3,10,13H,1,4-8H2,2H3/t10-,11+/m0/s1. The lowest BCUT2D eigenvalue weighted by Crippen LogP contribution is -2.42. The van der Waals surface area contributed by atoms with Gasteiger partial charge in [-0.2, -0.15) is 0 Å². The van der Waals surface area contributed by atoms with Gasteiger partial charge in [-0.25, -0.2) is 0 Å². The fourth-order valence-electron chi connectivity index (χ4n) is 2.02. The second kappa shape index (κ2) is 4.05. The first-order chi connectivity index (χ1) is 6.10. The van der Waals surface area contributed by atoms with Crippen LogP contribution in [-0.2, 0) is 4.79 Å². The second-order valence-electron chi connectivity index (χ2n) is 4.20. The van der Waals surface area contributed by atoms with Gasteiger partial charge in [-0.3, -0.25) is 4.79 Å². The lowest BCUT2D eigenvalue weighted by atomic mass is 9.70. The number of aliphatic hydroxyl groups excluding tert-OH is 1. The molecule has 1 saturated carbocycles. The van der Waals surface area contributed by atoms with Gasteiger partial charge in [0, 0.05) is 11.8 Å². The van der Waals surface area contributed by atoms with Gasteiger partial charge in [0.15, 0.2) is 5.78 Å². The highest BCUT2D eigenvalue weighted by Gasteiger charge is 2.39. The number of carbonyl (C=O) groups is 1. The molecule has 0 heterocycles. The summed E-state index contributed by atoms with van der Waals surface area (Å²) in [6.45, 7) is 5.65. The molecule has 1 N–H and O–H groups in total. The van der Waals surface area contributed by atoms with E-state index in [-0.39, 0.29) is 11.2 Å². The molecule has 2 nitrogen and oxygen atoms in total. The predicted octanol–water partition coefficient (Wildman–Crippen LogP) is 2.07. The van der Waals surface area contributed by atoms with Crippen molar-refractivity contribution in [2.45, 2.75) is 45.1 Å². The lowest BCUT2D eigenvalue weighted by molar-refractivity contribution is -0.138. The third-order valence-corrected chi connectivity index (χ3v) is 3.06. The molecule has 2 heteroatoms. The van der Waals surface area contributed by atoms with E-state index in [2.05, 4.69) is 6.58 Å². The van der Waals surface area contributed by atoms with E-state index in [1.54, 1.807) is 0 Å². The molecular formula is C11H18O2. The quantitative estimate of drug-likeness (QED) is 0.678. The van der Waals surface area contributed by atoms with Gasteiger partial charge in [0.2, 0.25) is 0 Å². The Hall–Kier alpha value is -0.630. The number of Topliss-reactive ketones (excluding diaryl/α,β-unsaturated/α-hetero) is 1. The van der Waals surface area contributed by atoms with Crippen LogP contribution in [0.2, 0.25) is 0 Å². The van der Waals surface area contributed by atoms with Gasteiger partial charge >= 0.3 is 0 Å². The minimum Gasteiger partial charge on any atom is -0.385 e. The van der Waals surface area contributed by atoms with Crippen LogP contribution in [0.15, 0.2) is 12.7 Å². The van der Waals surface area contributed by atoms with Crippen LogP contribution in [-0.4, -0.2) is 17.0 Å². The molecule has 0 radical (unpaired) electrons. The molecule has 74 valence electrons. The molecule has 0 amide bonds. The molecular weight excluding hydrogens is 164 g/mol. The van der Waals surface area contributed by atoms with Crippen molar-refractivity contribution in [2.24, 2.45) is 5.41 Å². The number of allylic oxidation sites excluding steroid dienone is 1. The molecule has 2 atom stereocenters. The minimum atomic E-state index is -0.749. The number of rotatable bonds is 3. The van der Waals surface area contributed by atoms with Crippen molar-refractivity contribution in [2.75, 3.05) is 0 Å². The van der Waals surface area contributed by atoms with Gasteiger partial charge < -0.3 is 5.11 Å². The van der Waals surface area contributed by atoms with Crippen LogP contribution in [0.4, 0.5) is 0 Å². The minimum absolute atomic E-state index is 0.0119. The second-order valence-corrected chi connectivity index (χ2v) is 4.20. The van der Waals surface area contributed by atoms with Gasteiger partial charge in [-0.05, 0) is 25.7 Å². The summed E-state index contributed by atoms with van der Waals surface area (Å²) in [4.78, 5) is 11.3.